The molecule has 0 N–H and O–H groups in total. The van der Waals surface area contributed by atoms with Gasteiger partial charge in [-0.15, -0.1) is 0 Å². The number of hydrogen-bond donors (Lipinski definition) is 0. The number of alkyl halides is 1. The number of halogens is 1. The quantitative estimate of drug-likeness (QED) is 0.562. The van der Waals surface area contributed by atoms with Crippen molar-refractivity contribution >= 4 is 0 Å². The highest BCUT2D eigenvalue weighted by molar-refractivity contribution is 5.02. The van der Waals surface area contributed by atoms with E-state index in [1.165, 1.54) is 0 Å². The Labute approximate surface area is 68.6 Å². The van der Waals surface area contributed by atoms with Crippen LogP contribution in [0.5, 0.6) is 0 Å². The molecule has 0 aromatic heterocycles. The summed E-state index contributed by atoms with van der Waals surface area (Å²) >= 11 is 0. The largest absolute Gasteiger partial charge is 0.293 e. The third kappa shape index (κ3) is 7.35. The third-order valence-corrected chi connectivity index (χ3v) is 1.21. The maximum absolute atomic E-state index is 11.7. The fourth-order valence-corrected chi connectivity index (χ4v) is 0.608. The summed E-state index contributed by atoms with van der Waals surface area (Å²) < 4.78 is 11.7. The Morgan fingerprint density at radius 3 is 2.55 bits per heavy atom. The highest BCUT2D eigenvalue weighted by Gasteiger charge is 1.92. The number of rotatable bonds is 3. The minimum absolute atomic E-state index is 0.292. The van der Waals surface area contributed by atoms with E-state index in [0.29, 0.717) is 19.0 Å². The molecule has 2 heteroatoms. The lowest BCUT2D eigenvalue weighted by atomic mass is 10.2. The summed E-state index contributed by atoms with van der Waals surface area (Å²) in [6, 6.07) is 0. The molecule has 0 unspecified atom stereocenters. The van der Waals surface area contributed by atoms with E-state index in [4.69, 9.17) is 0 Å². The Kier molecular flexibility index (Phi) is 5.87. The van der Waals surface area contributed by atoms with Crippen molar-refractivity contribution in [3.8, 4) is 11.8 Å². The van der Waals surface area contributed by atoms with Crippen LogP contribution in [0.4, 0.5) is 4.39 Å². The second kappa shape index (κ2) is 6.18. The highest BCUT2D eigenvalue weighted by Crippen LogP contribution is 1.86. The van der Waals surface area contributed by atoms with Crippen LogP contribution in [0.2, 0.25) is 0 Å². The lowest BCUT2D eigenvalue weighted by molar-refractivity contribution is 0.323. The summed E-state index contributed by atoms with van der Waals surface area (Å²) in [7, 11) is 1.87. The van der Waals surface area contributed by atoms with Gasteiger partial charge < -0.3 is 0 Å². The summed E-state index contributed by atoms with van der Waals surface area (Å²) in [4.78, 5) is 1.87. The first-order valence-corrected chi connectivity index (χ1v) is 3.89. The van der Waals surface area contributed by atoms with Crippen LogP contribution in [-0.4, -0.2) is 31.7 Å². The fourth-order valence-electron chi connectivity index (χ4n) is 0.608. The van der Waals surface area contributed by atoms with Crippen molar-refractivity contribution in [2.24, 2.45) is 5.92 Å². The molecule has 0 spiro atoms. The fraction of sp³-hybridized carbons (Fsp3) is 0.778. The third-order valence-electron chi connectivity index (χ3n) is 1.21. The van der Waals surface area contributed by atoms with E-state index >= 15 is 0 Å². The van der Waals surface area contributed by atoms with Crippen LogP contribution in [0.3, 0.4) is 0 Å². The predicted molar refractivity (Wildman–Crippen MR) is 46.1 cm³/mol. The molecule has 0 aliphatic heterocycles. The van der Waals surface area contributed by atoms with Gasteiger partial charge in [0.15, 0.2) is 0 Å². The van der Waals surface area contributed by atoms with Gasteiger partial charge in [0.2, 0.25) is 0 Å². The molecule has 0 saturated heterocycles. The minimum atomic E-state index is -0.292. The van der Waals surface area contributed by atoms with Gasteiger partial charge in [-0.3, -0.25) is 4.90 Å². The summed E-state index contributed by atoms with van der Waals surface area (Å²) in [5, 5.41) is 0. The molecule has 11 heavy (non-hydrogen) atoms. The van der Waals surface area contributed by atoms with Crippen molar-refractivity contribution < 1.29 is 4.39 Å². The molecule has 0 saturated carbocycles. The molecule has 0 aliphatic rings. The lowest BCUT2D eigenvalue weighted by Crippen LogP contribution is -2.21. The van der Waals surface area contributed by atoms with Gasteiger partial charge in [-0.25, -0.2) is 4.39 Å². The van der Waals surface area contributed by atoms with Gasteiger partial charge in [0.05, 0.1) is 6.54 Å². The van der Waals surface area contributed by atoms with Crippen molar-refractivity contribution in [2.75, 3.05) is 26.8 Å². The topological polar surface area (TPSA) is 3.24 Å². The van der Waals surface area contributed by atoms with Crippen LogP contribution in [0.15, 0.2) is 0 Å². The van der Waals surface area contributed by atoms with Crippen molar-refractivity contribution in [1.29, 1.82) is 0 Å². The zero-order valence-electron chi connectivity index (χ0n) is 7.52. The van der Waals surface area contributed by atoms with E-state index in [2.05, 4.69) is 11.8 Å². The van der Waals surface area contributed by atoms with Crippen LogP contribution >= 0.6 is 0 Å². The molecular weight excluding hydrogens is 141 g/mol. The maximum Gasteiger partial charge on any atom is 0.102 e. The monoisotopic (exact) mass is 157 g/mol. The van der Waals surface area contributed by atoms with Crippen molar-refractivity contribution in [2.45, 2.75) is 13.8 Å². The first-order valence-electron chi connectivity index (χ1n) is 3.89. The van der Waals surface area contributed by atoms with E-state index in [0.717, 1.165) is 0 Å². The first-order chi connectivity index (χ1) is 5.16. The zero-order chi connectivity index (χ0) is 8.69. The van der Waals surface area contributed by atoms with Crippen molar-refractivity contribution in [3.05, 3.63) is 0 Å². The average Bonchev–Trinajstić information content (AvgIpc) is 1.87. The zero-order valence-corrected chi connectivity index (χ0v) is 7.52. The summed E-state index contributed by atoms with van der Waals surface area (Å²) in [5.41, 5.74) is 0. The Balaban J connectivity index is 3.46. The Morgan fingerprint density at radius 1 is 1.45 bits per heavy atom. The molecule has 0 heterocycles. The molecule has 0 aromatic carbocycles. The van der Waals surface area contributed by atoms with Gasteiger partial charge in [0, 0.05) is 12.5 Å². The predicted octanol–water partition coefficient (Wildman–Crippen LogP) is 1.55. The van der Waals surface area contributed by atoms with E-state index in [1.807, 2.05) is 25.8 Å². The standard InChI is InChI=1S/C9H16FN/c1-9(2)5-4-7-11(3)8-6-10/h9H,6-8H2,1-3H3. The van der Waals surface area contributed by atoms with Crippen LogP contribution in [-0.2, 0) is 0 Å². The second-order valence-corrected chi connectivity index (χ2v) is 2.90. The van der Waals surface area contributed by atoms with Crippen molar-refractivity contribution in [3.63, 3.8) is 0 Å². The molecule has 0 radical (unpaired) electrons. The maximum atomic E-state index is 11.7. The molecule has 0 aliphatic carbocycles. The SMILES string of the molecule is CC(C)C#CCN(C)CCF. The van der Waals surface area contributed by atoms with Crippen LogP contribution in [0.25, 0.3) is 0 Å². The summed E-state index contributed by atoms with van der Waals surface area (Å²) in [5.74, 6) is 6.41. The Hall–Kier alpha value is -0.550. The molecule has 0 atom stereocenters. The summed E-state index contributed by atoms with van der Waals surface area (Å²) in [6.07, 6.45) is 0. The van der Waals surface area contributed by atoms with Crippen LogP contribution in [0.1, 0.15) is 13.8 Å². The van der Waals surface area contributed by atoms with Gasteiger partial charge in [0.25, 0.3) is 0 Å². The Bertz CT molecular complexity index is 143. The molecule has 0 rings (SSSR count). The molecule has 64 valence electrons. The molecular formula is C9H16FN. The average molecular weight is 157 g/mol. The lowest BCUT2D eigenvalue weighted by Gasteiger charge is -2.08. The molecule has 0 amide bonds. The number of hydrogen-bond acceptors (Lipinski definition) is 1. The molecule has 0 aromatic rings. The highest BCUT2D eigenvalue weighted by atomic mass is 19.1. The van der Waals surface area contributed by atoms with E-state index in [1.54, 1.807) is 0 Å². The van der Waals surface area contributed by atoms with Gasteiger partial charge in [-0.2, -0.15) is 0 Å². The van der Waals surface area contributed by atoms with Gasteiger partial charge in [-0.1, -0.05) is 25.7 Å². The normalized spacial score (nSPS) is 10.0. The van der Waals surface area contributed by atoms with E-state index in [9.17, 15) is 4.39 Å². The minimum Gasteiger partial charge on any atom is -0.293 e. The van der Waals surface area contributed by atoms with E-state index in [-0.39, 0.29) is 6.67 Å². The van der Waals surface area contributed by atoms with Gasteiger partial charge in [0.1, 0.15) is 6.67 Å². The van der Waals surface area contributed by atoms with Crippen molar-refractivity contribution in [1.82, 2.24) is 4.90 Å². The second-order valence-electron chi connectivity index (χ2n) is 2.90. The molecule has 1 nitrogen and oxygen atoms in total. The van der Waals surface area contributed by atoms with E-state index < -0.39 is 0 Å². The smallest absolute Gasteiger partial charge is 0.102 e. The van der Waals surface area contributed by atoms with Crippen LogP contribution < -0.4 is 0 Å². The number of nitrogens with zero attached hydrogens (tertiary/aromatic N) is 1. The Morgan fingerprint density at radius 2 is 2.09 bits per heavy atom. The van der Waals surface area contributed by atoms with Gasteiger partial charge >= 0.3 is 0 Å². The molecule has 0 fully saturated rings. The molecule has 0 bridgehead atoms. The summed E-state index contributed by atoms with van der Waals surface area (Å²) in [6.45, 7) is 4.94. The first kappa shape index (κ1) is 10.4. The van der Waals surface area contributed by atoms with Gasteiger partial charge in [-0.05, 0) is 7.05 Å². The van der Waals surface area contributed by atoms with Crippen LogP contribution in [0, 0.1) is 17.8 Å².